The van der Waals surface area contributed by atoms with Crippen molar-refractivity contribution >= 4 is 50.0 Å². The van der Waals surface area contributed by atoms with Gasteiger partial charge in [-0.25, -0.2) is 14.8 Å². The molecule has 6 rings (SSSR count). The van der Waals surface area contributed by atoms with Gasteiger partial charge in [-0.15, -0.1) is 11.3 Å². The minimum Gasteiger partial charge on any atom is -0.491 e. The Hall–Kier alpha value is -5.18. The van der Waals surface area contributed by atoms with Crippen molar-refractivity contribution in [1.29, 1.82) is 5.26 Å². The van der Waals surface area contributed by atoms with Gasteiger partial charge in [-0.05, 0) is 64.1 Å². The number of nitrogens with zero attached hydrogens (tertiary/aromatic N) is 6. The number of carboxylic acid groups (broad SMARTS) is 1. The van der Waals surface area contributed by atoms with E-state index in [2.05, 4.69) is 26.0 Å². The van der Waals surface area contributed by atoms with Crippen LogP contribution in [0.1, 0.15) is 38.8 Å². The van der Waals surface area contributed by atoms with E-state index in [0.29, 0.717) is 60.5 Å². The number of nitriles is 1. The van der Waals surface area contributed by atoms with Gasteiger partial charge in [0, 0.05) is 44.7 Å². The summed E-state index contributed by atoms with van der Waals surface area (Å²) >= 11 is 7.68. The number of halogens is 1. The molecule has 0 aliphatic rings. The topological polar surface area (TPSA) is 144 Å². The lowest BCUT2D eigenvalue weighted by Crippen LogP contribution is -2.27. The number of aromatic carboxylic acids is 1. The number of carboxylic acids is 1. The highest BCUT2D eigenvalue weighted by atomic mass is 35.5. The average molecular weight is 637 g/mol. The van der Waals surface area contributed by atoms with Gasteiger partial charge in [-0.2, -0.15) is 5.26 Å². The minimum atomic E-state index is -1.05. The number of thiophene rings is 1. The van der Waals surface area contributed by atoms with Crippen LogP contribution in [0.5, 0.6) is 5.75 Å². The zero-order valence-electron chi connectivity index (χ0n) is 24.7. The van der Waals surface area contributed by atoms with Gasteiger partial charge in [0.1, 0.15) is 29.8 Å². The highest BCUT2D eigenvalue weighted by Crippen LogP contribution is 2.40. The van der Waals surface area contributed by atoms with Crippen molar-refractivity contribution in [1.82, 2.24) is 24.5 Å². The third-order valence-electron chi connectivity index (χ3n) is 7.44. The molecule has 0 bridgehead atoms. The summed E-state index contributed by atoms with van der Waals surface area (Å²) in [6, 6.07) is 12.8. The molecular weight excluding hydrogens is 612 g/mol. The molecular formula is C33H25ClN6O4S. The van der Waals surface area contributed by atoms with Gasteiger partial charge in [0.05, 0.1) is 44.7 Å². The zero-order chi connectivity index (χ0) is 32.0. The fourth-order valence-electron chi connectivity index (χ4n) is 5.39. The molecule has 0 radical (unpaired) electrons. The molecule has 0 saturated carbocycles. The zero-order valence-corrected chi connectivity index (χ0v) is 26.2. The monoisotopic (exact) mass is 636 g/mol. The Morgan fingerprint density at radius 3 is 2.58 bits per heavy atom. The van der Waals surface area contributed by atoms with Gasteiger partial charge in [-0.3, -0.25) is 19.3 Å². The number of rotatable bonds is 7. The SMILES string of the molecule is Cc1cc(-c2nc(C)c3nc(C)n(CCOc4ccc(Cl)cc4-c4cc(C)nc5c(C(=O)O)csc45)c(=O)c3c2C#N)ccn1. The van der Waals surface area contributed by atoms with Gasteiger partial charge in [-0.1, -0.05) is 11.6 Å². The summed E-state index contributed by atoms with van der Waals surface area (Å²) in [7, 11) is 0. The smallest absolute Gasteiger partial charge is 0.338 e. The summed E-state index contributed by atoms with van der Waals surface area (Å²) < 4.78 is 8.43. The number of aromatic nitrogens is 5. The number of ether oxygens (including phenoxy) is 1. The molecule has 5 heterocycles. The quantitative estimate of drug-likeness (QED) is 0.203. The second-order valence-corrected chi connectivity index (χ2v) is 11.8. The van der Waals surface area contributed by atoms with Crippen molar-refractivity contribution in [2.24, 2.45) is 0 Å². The molecule has 0 spiro atoms. The van der Waals surface area contributed by atoms with Crippen LogP contribution in [0, 0.1) is 39.0 Å². The van der Waals surface area contributed by atoms with E-state index in [4.69, 9.17) is 16.3 Å². The van der Waals surface area contributed by atoms with Crippen LogP contribution >= 0.6 is 22.9 Å². The maximum atomic E-state index is 14.0. The fraction of sp³-hybridized carbons (Fsp3) is 0.182. The fourth-order valence-corrected chi connectivity index (χ4v) is 6.57. The number of aryl methyl sites for hydroxylation is 4. The molecule has 12 heteroatoms. The van der Waals surface area contributed by atoms with E-state index in [-0.39, 0.29) is 35.2 Å². The van der Waals surface area contributed by atoms with E-state index in [9.17, 15) is 20.0 Å². The molecule has 10 nitrogen and oxygen atoms in total. The molecule has 6 aromatic rings. The first-order chi connectivity index (χ1) is 21.6. The largest absolute Gasteiger partial charge is 0.491 e. The van der Waals surface area contributed by atoms with Crippen molar-refractivity contribution in [2.45, 2.75) is 34.2 Å². The van der Waals surface area contributed by atoms with E-state index in [1.54, 1.807) is 56.6 Å². The van der Waals surface area contributed by atoms with Gasteiger partial charge in [0.25, 0.3) is 5.56 Å². The summed E-state index contributed by atoms with van der Waals surface area (Å²) in [5, 5.41) is 22.1. The molecule has 0 aliphatic heterocycles. The van der Waals surface area contributed by atoms with Gasteiger partial charge in [0.2, 0.25) is 0 Å². The Kier molecular flexibility index (Phi) is 7.78. The van der Waals surface area contributed by atoms with Crippen LogP contribution in [0.25, 0.3) is 43.5 Å². The van der Waals surface area contributed by atoms with E-state index in [0.717, 1.165) is 11.3 Å². The van der Waals surface area contributed by atoms with E-state index >= 15 is 0 Å². The summed E-state index contributed by atoms with van der Waals surface area (Å²) in [5.41, 5.74) is 5.17. The molecule has 0 amide bonds. The first-order valence-corrected chi connectivity index (χ1v) is 15.1. The number of benzene rings is 1. The van der Waals surface area contributed by atoms with Crippen molar-refractivity contribution in [2.75, 3.05) is 6.61 Å². The van der Waals surface area contributed by atoms with Crippen LogP contribution in [0.15, 0.2) is 52.8 Å². The Bertz CT molecular complexity index is 2290. The maximum absolute atomic E-state index is 14.0. The molecule has 5 aromatic heterocycles. The summed E-state index contributed by atoms with van der Waals surface area (Å²) in [6.45, 7) is 7.40. The lowest BCUT2D eigenvalue weighted by atomic mass is 10.0. The summed E-state index contributed by atoms with van der Waals surface area (Å²) in [5.74, 6) is -0.0877. The molecule has 0 aliphatic carbocycles. The van der Waals surface area contributed by atoms with Gasteiger partial charge < -0.3 is 9.84 Å². The Labute approximate surface area is 266 Å². The molecule has 224 valence electrons. The molecule has 0 unspecified atom stereocenters. The number of hydrogen-bond donors (Lipinski definition) is 1. The maximum Gasteiger partial charge on any atom is 0.338 e. The van der Waals surface area contributed by atoms with Gasteiger partial charge in [0.15, 0.2) is 0 Å². The molecule has 0 atom stereocenters. The second-order valence-electron chi connectivity index (χ2n) is 10.5. The standard InChI is InChI=1S/C33H25ClN6O4S/c1-16-11-20(7-8-36-16)29-24(14-35)27-28(18(3)38-29)39-19(4)40(32(27)41)9-10-44-26-6-5-21(34)13-22(26)23-12-17(2)37-30-25(33(42)43)15-45-31(23)30/h5-8,11-13,15H,9-10H2,1-4H3,(H,42,43). The van der Waals surface area contributed by atoms with Crippen LogP contribution in [-0.4, -0.2) is 42.2 Å². The van der Waals surface area contributed by atoms with Gasteiger partial charge >= 0.3 is 5.97 Å². The summed E-state index contributed by atoms with van der Waals surface area (Å²) in [6.07, 6.45) is 1.64. The highest BCUT2D eigenvalue weighted by Gasteiger charge is 2.22. The number of hydrogen-bond acceptors (Lipinski definition) is 9. The number of fused-ring (bicyclic) bond motifs is 2. The van der Waals surface area contributed by atoms with Crippen molar-refractivity contribution in [3.63, 3.8) is 0 Å². The minimum absolute atomic E-state index is 0.100. The molecule has 1 N–H and O–H groups in total. The predicted octanol–water partition coefficient (Wildman–Crippen LogP) is 6.67. The van der Waals surface area contributed by atoms with Crippen LogP contribution in [-0.2, 0) is 6.54 Å². The van der Waals surface area contributed by atoms with Crippen LogP contribution in [0.3, 0.4) is 0 Å². The van der Waals surface area contributed by atoms with E-state index in [1.165, 1.54) is 15.9 Å². The van der Waals surface area contributed by atoms with E-state index < -0.39 is 5.97 Å². The third kappa shape index (κ3) is 5.39. The first kappa shape index (κ1) is 29.9. The molecule has 1 aromatic carbocycles. The van der Waals surface area contributed by atoms with E-state index in [1.807, 2.05) is 19.1 Å². The molecule has 0 fully saturated rings. The van der Waals surface area contributed by atoms with Crippen LogP contribution in [0.4, 0.5) is 0 Å². The summed E-state index contributed by atoms with van der Waals surface area (Å²) in [4.78, 5) is 43.8. The first-order valence-electron chi connectivity index (χ1n) is 13.9. The Morgan fingerprint density at radius 1 is 1.04 bits per heavy atom. The van der Waals surface area contributed by atoms with Crippen LogP contribution < -0.4 is 10.3 Å². The normalized spacial score (nSPS) is 11.2. The predicted molar refractivity (Wildman–Crippen MR) is 173 cm³/mol. The Morgan fingerprint density at radius 2 is 1.84 bits per heavy atom. The Balaban J connectivity index is 1.39. The number of carbonyl (C=O) groups is 1. The molecule has 0 saturated heterocycles. The second kappa shape index (κ2) is 11.7. The average Bonchev–Trinajstić information content (AvgIpc) is 3.43. The van der Waals surface area contributed by atoms with Crippen molar-refractivity contribution in [3.05, 3.63) is 97.4 Å². The number of pyridine rings is 3. The lowest BCUT2D eigenvalue weighted by Gasteiger charge is -2.16. The lowest BCUT2D eigenvalue weighted by molar-refractivity contribution is 0.0699. The third-order valence-corrected chi connectivity index (χ3v) is 8.67. The van der Waals surface area contributed by atoms with Crippen molar-refractivity contribution in [3.8, 4) is 34.2 Å². The van der Waals surface area contributed by atoms with Crippen LogP contribution in [0.2, 0.25) is 5.02 Å². The molecule has 45 heavy (non-hydrogen) atoms. The van der Waals surface area contributed by atoms with Crippen molar-refractivity contribution < 1.29 is 14.6 Å². The highest BCUT2D eigenvalue weighted by molar-refractivity contribution is 7.18.